The second-order valence-electron chi connectivity index (χ2n) is 7.30. The summed E-state index contributed by atoms with van der Waals surface area (Å²) >= 11 is 3.53. The summed E-state index contributed by atoms with van der Waals surface area (Å²) in [6.45, 7) is 7.77. The second-order valence-corrected chi connectivity index (χ2v) is 8.21. The van der Waals surface area contributed by atoms with Crippen LogP contribution in [-0.4, -0.2) is 60.5 Å². The number of piperazine rings is 1. The first-order valence-corrected chi connectivity index (χ1v) is 10.8. The van der Waals surface area contributed by atoms with Crippen LogP contribution in [0.5, 0.6) is 5.75 Å². The molecule has 1 amide bonds. The lowest BCUT2D eigenvalue weighted by Gasteiger charge is -2.34. The number of carbonyl (C=O) groups excluding carboxylic acids is 1. The number of hydrogen-bond acceptors (Lipinski definition) is 4. The molecule has 1 aromatic heterocycles. The van der Waals surface area contributed by atoms with E-state index in [1.165, 1.54) is 0 Å². The zero-order chi connectivity index (χ0) is 21.1. The summed E-state index contributed by atoms with van der Waals surface area (Å²) in [7, 11) is 1.64. The molecule has 0 spiro atoms. The maximum absolute atomic E-state index is 13.5. The summed E-state index contributed by atoms with van der Waals surface area (Å²) in [6, 6.07) is 15.5. The lowest BCUT2D eigenvalue weighted by Crippen LogP contribution is -2.48. The molecule has 1 saturated heterocycles. The van der Waals surface area contributed by atoms with Crippen molar-refractivity contribution in [1.82, 2.24) is 14.8 Å². The van der Waals surface area contributed by atoms with Crippen LogP contribution in [0.25, 0.3) is 22.2 Å². The molecule has 1 aliphatic rings. The first-order chi connectivity index (χ1) is 14.6. The number of hydrogen-bond donors (Lipinski definition) is 0. The molecular formula is C24H24BrN3O2. The van der Waals surface area contributed by atoms with Gasteiger partial charge >= 0.3 is 0 Å². The Bertz CT molecular complexity index is 1090. The summed E-state index contributed by atoms with van der Waals surface area (Å²) in [6.07, 6.45) is 1.91. The van der Waals surface area contributed by atoms with Crippen molar-refractivity contribution in [3.8, 4) is 17.0 Å². The van der Waals surface area contributed by atoms with Crippen molar-refractivity contribution < 1.29 is 9.53 Å². The summed E-state index contributed by atoms with van der Waals surface area (Å²) in [4.78, 5) is 22.6. The van der Waals surface area contributed by atoms with Gasteiger partial charge in [0.15, 0.2) is 0 Å². The lowest BCUT2D eigenvalue weighted by molar-refractivity contribution is 0.0652. The predicted octanol–water partition coefficient (Wildman–Crippen LogP) is 4.62. The van der Waals surface area contributed by atoms with Crippen LogP contribution in [0.3, 0.4) is 0 Å². The number of rotatable bonds is 5. The van der Waals surface area contributed by atoms with Crippen molar-refractivity contribution >= 4 is 32.7 Å². The van der Waals surface area contributed by atoms with Crippen LogP contribution in [0.4, 0.5) is 0 Å². The van der Waals surface area contributed by atoms with Gasteiger partial charge in [-0.3, -0.25) is 9.69 Å². The van der Waals surface area contributed by atoms with Crippen LogP contribution in [-0.2, 0) is 0 Å². The van der Waals surface area contributed by atoms with Gasteiger partial charge in [-0.05, 0) is 36.4 Å². The van der Waals surface area contributed by atoms with Gasteiger partial charge in [-0.25, -0.2) is 4.98 Å². The molecule has 0 saturated carbocycles. The van der Waals surface area contributed by atoms with E-state index in [0.717, 1.165) is 52.0 Å². The number of para-hydroxylation sites is 1. The van der Waals surface area contributed by atoms with Crippen LogP contribution < -0.4 is 4.74 Å². The molecule has 5 nitrogen and oxygen atoms in total. The third kappa shape index (κ3) is 4.11. The second kappa shape index (κ2) is 8.98. The Balaban J connectivity index is 1.77. The number of aromatic nitrogens is 1. The molecule has 30 heavy (non-hydrogen) atoms. The molecule has 0 N–H and O–H groups in total. The third-order valence-corrected chi connectivity index (χ3v) is 5.92. The van der Waals surface area contributed by atoms with E-state index in [-0.39, 0.29) is 5.91 Å². The van der Waals surface area contributed by atoms with E-state index in [0.29, 0.717) is 18.7 Å². The van der Waals surface area contributed by atoms with E-state index in [1.54, 1.807) is 7.11 Å². The molecule has 2 aromatic carbocycles. The quantitative estimate of drug-likeness (QED) is 0.515. The zero-order valence-electron chi connectivity index (χ0n) is 17.0. The normalized spacial score (nSPS) is 14.7. The highest BCUT2D eigenvalue weighted by Crippen LogP contribution is 2.32. The highest BCUT2D eigenvalue weighted by molar-refractivity contribution is 9.10. The molecule has 4 rings (SSSR count). The minimum absolute atomic E-state index is 0.0369. The van der Waals surface area contributed by atoms with E-state index in [1.807, 2.05) is 59.5 Å². The molecule has 154 valence electrons. The zero-order valence-corrected chi connectivity index (χ0v) is 18.6. The first-order valence-electron chi connectivity index (χ1n) is 9.97. The molecule has 3 aromatic rings. The van der Waals surface area contributed by atoms with Crippen molar-refractivity contribution in [1.29, 1.82) is 0 Å². The number of methoxy groups -OCH3 is 1. The van der Waals surface area contributed by atoms with Crippen molar-refractivity contribution in [2.24, 2.45) is 0 Å². The summed E-state index contributed by atoms with van der Waals surface area (Å²) in [5, 5.41) is 0.849. The molecule has 0 radical (unpaired) electrons. The van der Waals surface area contributed by atoms with E-state index in [4.69, 9.17) is 9.72 Å². The number of amides is 1. The molecule has 0 unspecified atom stereocenters. The van der Waals surface area contributed by atoms with Crippen LogP contribution in [0.1, 0.15) is 10.4 Å². The van der Waals surface area contributed by atoms with E-state index in [9.17, 15) is 4.79 Å². The Morgan fingerprint density at radius 2 is 1.93 bits per heavy atom. The number of ether oxygens (including phenoxy) is 1. The predicted molar refractivity (Wildman–Crippen MR) is 124 cm³/mol. The van der Waals surface area contributed by atoms with Gasteiger partial charge < -0.3 is 9.64 Å². The van der Waals surface area contributed by atoms with Crippen LogP contribution in [0.2, 0.25) is 0 Å². The Kier molecular flexibility index (Phi) is 6.16. The molecule has 0 bridgehead atoms. The first kappa shape index (κ1) is 20.6. The average molecular weight is 466 g/mol. The van der Waals surface area contributed by atoms with Crippen LogP contribution in [0, 0.1) is 0 Å². The largest absolute Gasteiger partial charge is 0.496 e. The maximum Gasteiger partial charge on any atom is 0.254 e. The summed E-state index contributed by atoms with van der Waals surface area (Å²) in [5.41, 5.74) is 3.06. The number of pyridine rings is 1. The van der Waals surface area contributed by atoms with Gasteiger partial charge in [0.2, 0.25) is 0 Å². The lowest BCUT2D eigenvalue weighted by atomic mass is 10.0. The topological polar surface area (TPSA) is 45.7 Å². The highest BCUT2D eigenvalue weighted by Gasteiger charge is 2.24. The number of halogens is 1. The average Bonchev–Trinajstić information content (AvgIpc) is 2.78. The van der Waals surface area contributed by atoms with Crippen molar-refractivity contribution in [2.75, 3.05) is 39.8 Å². The van der Waals surface area contributed by atoms with Crippen molar-refractivity contribution in [3.05, 3.63) is 71.2 Å². The van der Waals surface area contributed by atoms with Gasteiger partial charge in [0.05, 0.1) is 23.9 Å². The minimum atomic E-state index is 0.0369. The molecule has 0 aliphatic carbocycles. The van der Waals surface area contributed by atoms with Crippen molar-refractivity contribution in [2.45, 2.75) is 0 Å². The van der Waals surface area contributed by atoms with E-state index in [2.05, 4.69) is 27.4 Å². The molecule has 6 heteroatoms. The van der Waals surface area contributed by atoms with Gasteiger partial charge in [0.25, 0.3) is 5.91 Å². The van der Waals surface area contributed by atoms with Crippen molar-refractivity contribution in [3.63, 3.8) is 0 Å². The monoisotopic (exact) mass is 465 g/mol. The van der Waals surface area contributed by atoms with E-state index >= 15 is 0 Å². The third-order valence-electron chi connectivity index (χ3n) is 5.43. The van der Waals surface area contributed by atoms with Gasteiger partial charge in [-0.2, -0.15) is 0 Å². The van der Waals surface area contributed by atoms with E-state index < -0.39 is 0 Å². The Morgan fingerprint density at radius 1 is 1.17 bits per heavy atom. The smallest absolute Gasteiger partial charge is 0.254 e. The number of nitrogens with zero attached hydrogens (tertiary/aromatic N) is 3. The van der Waals surface area contributed by atoms with Crippen LogP contribution >= 0.6 is 15.9 Å². The minimum Gasteiger partial charge on any atom is -0.496 e. The molecule has 1 aliphatic heterocycles. The Labute approximate surface area is 185 Å². The Hall–Kier alpha value is -2.70. The highest BCUT2D eigenvalue weighted by atomic mass is 79.9. The van der Waals surface area contributed by atoms with Gasteiger partial charge in [-0.1, -0.05) is 34.1 Å². The molecular weight excluding hydrogens is 442 g/mol. The Morgan fingerprint density at radius 3 is 2.67 bits per heavy atom. The summed E-state index contributed by atoms with van der Waals surface area (Å²) in [5.74, 6) is 0.771. The number of benzene rings is 2. The SMILES string of the molecule is C=CCN1CCN(C(=O)c2cc(-c3ccccc3OC)nc3ccc(Br)cc23)CC1. The van der Waals surface area contributed by atoms with Gasteiger partial charge in [0, 0.05) is 48.1 Å². The van der Waals surface area contributed by atoms with Crippen LogP contribution in [0.15, 0.2) is 65.7 Å². The fraction of sp³-hybridized carbons (Fsp3) is 0.250. The molecule has 0 atom stereocenters. The maximum atomic E-state index is 13.5. The van der Waals surface area contributed by atoms with Gasteiger partial charge in [-0.15, -0.1) is 6.58 Å². The van der Waals surface area contributed by atoms with Gasteiger partial charge in [0.1, 0.15) is 5.75 Å². The fourth-order valence-corrected chi connectivity index (χ4v) is 4.22. The standard InChI is InChI=1S/C24H24BrN3O2/c1-3-10-27-11-13-28(14-12-27)24(29)20-16-22(18-6-4-5-7-23(18)30-2)26-21-9-8-17(25)15-19(20)21/h3-9,15-16H,1,10-14H2,2H3. The fourth-order valence-electron chi connectivity index (χ4n) is 3.86. The summed E-state index contributed by atoms with van der Waals surface area (Å²) < 4.78 is 6.45. The number of fused-ring (bicyclic) bond motifs is 1. The molecule has 2 heterocycles. The molecule has 1 fully saturated rings. The number of carbonyl (C=O) groups is 1.